The Hall–Kier alpha value is -2.69. The van der Waals surface area contributed by atoms with Gasteiger partial charge in [0.15, 0.2) is 0 Å². The summed E-state index contributed by atoms with van der Waals surface area (Å²) in [6.45, 7) is 11.8. The van der Waals surface area contributed by atoms with Gasteiger partial charge in [-0.3, -0.25) is 9.69 Å². The van der Waals surface area contributed by atoms with E-state index in [1.807, 2.05) is 41.7 Å². The van der Waals surface area contributed by atoms with Gasteiger partial charge in [-0.2, -0.15) is 5.26 Å². The van der Waals surface area contributed by atoms with Gasteiger partial charge in [-0.25, -0.2) is 4.98 Å². The van der Waals surface area contributed by atoms with E-state index in [9.17, 15) is 4.79 Å². The lowest BCUT2D eigenvalue weighted by Crippen LogP contribution is -2.50. The third-order valence-electron chi connectivity index (χ3n) is 7.73. The number of piperazine rings is 1. The van der Waals surface area contributed by atoms with Crippen molar-refractivity contribution in [1.29, 1.82) is 5.26 Å². The van der Waals surface area contributed by atoms with Crippen LogP contribution in [0, 0.1) is 29.1 Å². The highest BCUT2D eigenvalue weighted by Gasteiger charge is 2.32. The van der Waals surface area contributed by atoms with E-state index in [-0.39, 0.29) is 18.6 Å². The number of hydrogen-bond donors (Lipinski definition) is 0. The van der Waals surface area contributed by atoms with E-state index in [4.69, 9.17) is 10.00 Å². The summed E-state index contributed by atoms with van der Waals surface area (Å²) in [7, 11) is 0. The topological polar surface area (TPSA) is 74.4 Å². The summed E-state index contributed by atoms with van der Waals surface area (Å²) in [4.78, 5) is 21.6. The first-order chi connectivity index (χ1) is 16.9. The highest BCUT2D eigenvalue weighted by atomic mass is 16.5. The minimum absolute atomic E-state index is 0.122. The summed E-state index contributed by atoms with van der Waals surface area (Å²) in [6.07, 6.45) is 7.54. The molecule has 35 heavy (non-hydrogen) atoms. The fraction of sp³-hybridized carbons (Fsp3) is 0.607. The van der Waals surface area contributed by atoms with Gasteiger partial charge in [-0.1, -0.05) is 39.3 Å². The highest BCUT2D eigenvalue weighted by molar-refractivity contribution is 5.77. The maximum Gasteiger partial charge on any atom is 0.248 e. The van der Waals surface area contributed by atoms with Crippen LogP contribution in [-0.2, 0) is 22.6 Å². The lowest BCUT2D eigenvalue weighted by Gasteiger charge is -2.38. The zero-order chi connectivity index (χ0) is 24.8. The molecule has 2 aliphatic rings. The largest absolute Gasteiger partial charge is 0.368 e. The number of ether oxygens (including phenoxy) is 1. The number of carbonyl (C=O) groups excluding carboxylic acids is 1. The molecule has 0 bridgehead atoms. The van der Waals surface area contributed by atoms with Gasteiger partial charge < -0.3 is 14.2 Å². The summed E-state index contributed by atoms with van der Waals surface area (Å²) in [6, 6.07) is 9.85. The average Bonchev–Trinajstić information content (AvgIpc) is 3.29. The SMILES string of the molecule is CC1CCC(C(C)C)C(OCC(=O)N2CCN(Cc3cncn3Cc3ccc(C#N)cc3)CC2)C1. The second-order valence-electron chi connectivity index (χ2n) is 10.7. The third-order valence-corrected chi connectivity index (χ3v) is 7.73. The van der Waals surface area contributed by atoms with E-state index in [0.29, 0.717) is 23.3 Å². The van der Waals surface area contributed by atoms with Gasteiger partial charge in [-0.15, -0.1) is 0 Å². The minimum Gasteiger partial charge on any atom is -0.368 e. The number of rotatable bonds is 8. The Bertz CT molecular complexity index is 1000. The fourth-order valence-corrected chi connectivity index (χ4v) is 5.46. The number of amides is 1. The summed E-state index contributed by atoms with van der Waals surface area (Å²) >= 11 is 0. The minimum atomic E-state index is 0.122. The second kappa shape index (κ2) is 11.8. The molecule has 7 heteroatoms. The normalized spacial score (nSPS) is 23.4. The molecule has 188 valence electrons. The number of aromatic nitrogens is 2. The van der Waals surface area contributed by atoms with Gasteiger partial charge in [0.2, 0.25) is 5.91 Å². The first-order valence-electron chi connectivity index (χ1n) is 13.0. The summed E-state index contributed by atoms with van der Waals surface area (Å²) in [5.41, 5.74) is 2.97. The zero-order valence-electron chi connectivity index (χ0n) is 21.4. The Labute approximate surface area is 209 Å². The second-order valence-corrected chi connectivity index (χ2v) is 10.7. The van der Waals surface area contributed by atoms with Crippen LogP contribution in [0.1, 0.15) is 56.9 Å². The lowest BCUT2D eigenvalue weighted by molar-refractivity contribution is -0.143. The van der Waals surface area contributed by atoms with Crippen LogP contribution in [0.5, 0.6) is 0 Å². The maximum absolute atomic E-state index is 12.9. The molecule has 2 heterocycles. The summed E-state index contributed by atoms with van der Waals surface area (Å²) in [5, 5.41) is 8.99. The highest BCUT2D eigenvalue weighted by Crippen LogP contribution is 2.35. The van der Waals surface area contributed by atoms with Crippen molar-refractivity contribution in [3.8, 4) is 6.07 Å². The van der Waals surface area contributed by atoms with E-state index in [0.717, 1.165) is 56.9 Å². The predicted molar refractivity (Wildman–Crippen MR) is 135 cm³/mol. The van der Waals surface area contributed by atoms with Crippen molar-refractivity contribution in [2.75, 3.05) is 32.8 Å². The van der Waals surface area contributed by atoms with Gasteiger partial charge in [0.1, 0.15) is 6.61 Å². The molecule has 0 N–H and O–H groups in total. The molecule has 3 atom stereocenters. The van der Waals surface area contributed by atoms with Gasteiger partial charge in [0, 0.05) is 45.5 Å². The molecule has 4 rings (SSSR count). The maximum atomic E-state index is 12.9. The zero-order valence-corrected chi connectivity index (χ0v) is 21.4. The Balaban J connectivity index is 1.24. The smallest absolute Gasteiger partial charge is 0.248 e. The number of nitriles is 1. The van der Waals surface area contributed by atoms with E-state index in [1.165, 1.54) is 12.8 Å². The van der Waals surface area contributed by atoms with Crippen LogP contribution in [0.3, 0.4) is 0 Å². The first kappa shape index (κ1) is 25.4. The first-order valence-corrected chi connectivity index (χ1v) is 13.0. The average molecular weight is 478 g/mol. The molecule has 1 saturated carbocycles. The van der Waals surface area contributed by atoms with Crippen molar-refractivity contribution in [2.24, 2.45) is 17.8 Å². The Morgan fingerprint density at radius 3 is 2.57 bits per heavy atom. The van der Waals surface area contributed by atoms with E-state index in [2.05, 4.69) is 41.3 Å². The molecule has 1 aromatic carbocycles. The molecule has 7 nitrogen and oxygen atoms in total. The Kier molecular flexibility index (Phi) is 8.59. The monoisotopic (exact) mass is 477 g/mol. The molecule has 0 radical (unpaired) electrons. The van der Waals surface area contributed by atoms with Gasteiger partial charge in [0.05, 0.1) is 29.8 Å². The Morgan fingerprint density at radius 2 is 1.89 bits per heavy atom. The summed E-state index contributed by atoms with van der Waals surface area (Å²) < 4.78 is 8.36. The molecule has 2 fully saturated rings. The van der Waals surface area contributed by atoms with Crippen LogP contribution in [0.15, 0.2) is 36.8 Å². The number of carbonyl (C=O) groups is 1. The number of nitrogens with zero attached hydrogens (tertiary/aromatic N) is 5. The quantitative estimate of drug-likeness (QED) is 0.576. The Morgan fingerprint density at radius 1 is 1.14 bits per heavy atom. The van der Waals surface area contributed by atoms with Crippen molar-refractivity contribution in [3.63, 3.8) is 0 Å². The molecule has 1 aliphatic carbocycles. The third kappa shape index (κ3) is 6.71. The number of benzene rings is 1. The van der Waals surface area contributed by atoms with Gasteiger partial charge in [0.25, 0.3) is 0 Å². The lowest BCUT2D eigenvalue weighted by atomic mass is 9.75. The van der Waals surface area contributed by atoms with Crippen LogP contribution in [0.4, 0.5) is 0 Å². The van der Waals surface area contributed by atoms with Crippen molar-refractivity contribution in [1.82, 2.24) is 19.4 Å². The molecule has 1 amide bonds. The van der Waals surface area contributed by atoms with Crippen molar-refractivity contribution < 1.29 is 9.53 Å². The van der Waals surface area contributed by atoms with Gasteiger partial charge >= 0.3 is 0 Å². The molecule has 0 spiro atoms. The number of hydrogen-bond acceptors (Lipinski definition) is 5. The number of imidazole rings is 1. The van der Waals surface area contributed by atoms with Crippen LogP contribution in [0.2, 0.25) is 0 Å². The van der Waals surface area contributed by atoms with Crippen molar-refractivity contribution in [2.45, 2.75) is 59.2 Å². The van der Waals surface area contributed by atoms with Crippen LogP contribution >= 0.6 is 0 Å². The van der Waals surface area contributed by atoms with Crippen molar-refractivity contribution in [3.05, 3.63) is 53.6 Å². The van der Waals surface area contributed by atoms with Crippen LogP contribution in [0.25, 0.3) is 0 Å². The predicted octanol–water partition coefficient (Wildman–Crippen LogP) is 3.92. The molecule has 3 unspecified atom stereocenters. The van der Waals surface area contributed by atoms with Crippen molar-refractivity contribution >= 4 is 5.91 Å². The molecular formula is C28H39N5O2. The standard InChI is InChI=1S/C28H39N5O2/c1-21(2)26-9-4-22(3)14-27(26)35-19-28(34)32-12-10-31(11-13-32)18-25-16-30-20-33(25)17-24-7-5-23(15-29)6-8-24/h5-8,16,20-22,26-27H,4,9-14,17-19H2,1-3H3. The molecule has 2 aromatic rings. The van der Waals surface area contributed by atoms with Crippen LogP contribution < -0.4 is 0 Å². The fourth-order valence-electron chi connectivity index (χ4n) is 5.46. The van der Waals surface area contributed by atoms with Gasteiger partial charge in [-0.05, 0) is 48.3 Å². The molecule has 1 saturated heterocycles. The molecular weight excluding hydrogens is 438 g/mol. The van der Waals surface area contributed by atoms with E-state index < -0.39 is 0 Å². The molecule has 1 aromatic heterocycles. The summed E-state index contributed by atoms with van der Waals surface area (Å²) in [5.74, 6) is 1.96. The van der Waals surface area contributed by atoms with E-state index in [1.54, 1.807) is 0 Å². The van der Waals surface area contributed by atoms with E-state index >= 15 is 0 Å². The van der Waals surface area contributed by atoms with Crippen LogP contribution in [-0.4, -0.2) is 64.1 Å². The molecule has 1 aliphatic heterocycles.